The maximum absolute atomic E-state index is 13.1. The molecule has 0 spiro atoms. The molecule has 2 aliphatic carbocycles. The molecule has 3 aromatic rings. The molecule has 1 saturated heterocycles. The summed E-state index contributed by atoms with van der Waals surface area (Å²) in [5.41, 5.74) is 1.45. The zero-order valence-electron chi connectivity index (χ0n) is 16.9. The molecule has 0 unspecified atom stereocenters. The van der Waals surface area contributed by atoms with E-state index >= 15 is 0 Å². The lowest BCUT2D eigenvalue weighted by Crippen LogP contribution is -2.32. The number of aromatic nitrogens is 2. The first-order chi connectivity index (χ1) is 15.5. The van der Waals surface area contributed by atoms with Gasteiger partial charge in [-0.2, -0.15) is 4.98 Å². The van der Waals surface area contributed by atoms with Gasteiger partial charge in [0.25, 0.3) is 11.6 Å². The molecule has 2 aromatic carbocycles. The van der Waals surface area contributed by atoms with E-state index in [0.29, 0.717) is 28.7 Å². The third kappa shape index (κ3) is 2.70. The minimum atomic E-state index is -0.487. The first-order valence-corrected chi connectivity index (χ1v) is 10.6. The van der Waals surface area contributed by atoms with Crippen molar-refractivity contribution in [3.05, 3.63) is 58.6 Å². The summed E-state index contributed by atoms with van der Waals surface area (Å²) in [5.74, 6) is 0.481. The van der Waals surface area contributed by atoms with Crippen LogP contribution in [0.1, 0.15) is 19.3 Å². The fourth-order valence-electron chi connectivity index (χ4n) is 5.66. The normalized spacial score (nSPS) is 26.1. The number of non-ortho nitro benzene ring substituents is 1. The number of nitro groups is 1. The van der Waals surface area contributed by atoms with Crippen molar-refractivity contribution in [2.75, 3.05) is 4.90 Å². The smallest absolute Gasteiger partial charge is 0.270 e. The van der Waals surface area contributed by atoms with Crippen LogP contribution in [0.5, 0.6) is 0 Å². The molecule has 2 bridgehead atoms. The van der Waals surface area contributed by atoms with Crippen LogP contribution in [0.25, 0.3) is 22.8 Å². The Bertz CT molecular complexity index is 1260. The van der Waals surface area contributed by atoms with Gasteiger partial charge in [-0.15, -0.1) is 0 Å². The summed E-state index contributed by atoms with van der Waals surface area (Å²) in [5, 5.41) is 15.0. The van der Waals surface area contributed by atoms with Crippen molar-refractivity contribution >= 4 is 23.2 Å². The van der Waals surface area contributed by atoms with Crippen LogP contribution in [0.2, 0.25) is 0 Å². The standard InChI is InChI=1S/C23H18N4O5/c28-22-18-12-7-8-13(9-12)19(18)23(29)26(22)16-5-2-4-15(11-16)21-24-20(25-32-21)14-3-1-6-17(10-14)27(30)31/h1-6,10-13,18-19H,7-9H2/t12-,13-,18-,19+/m1/s1. The zero-order chi connectivity index (χ0) is 22.0. The summed E-state index contributed by atoms with van der Waals surface area (Å²) in [7, 11) is 0. The molecule has 32 heavy (non-hydrogen) atoms. The molecular formula is C23H18N4O5. The Hall–Kier alpha value is -3.88. The molecule has 9 nitrogen and oxygen atoms in total. The number of hydrogen-bond donors (Lipinski definition) is 0. The van der Waals surface area contributed by atoms with Crippen molar-refractivity contribution in [1.29, 1.82) is 0 Å². The Labute approximate surface area is 182 Å². The molecule has 2 heterocycles. The molecule has 3 aliphatic rings. The first kappa shape index (κ1) is 18.9. The third-order valence-electron chi connectivity index (χ3n) is 7.02. The van der Waals surface area contributed by atoms with Crippen molar-refractivity contribution in [3.63, 3.8) is 0 Å². The van der Waals surface area contributed by atoms with E-state index in [0.717, 1.165) is 19.3 Å². The molecule has 160 valence electrons. The van der Waals surface area contributed by atoms with Crippen LogP contribution in [-0.4, -0.2) is 26.9 Å². The van der Waals surface area contributed by atoms with Gasteiger partial charge in [0, 0.05) is 23.3 Å². The highest BCUT2D eigenvalue weighted by Gasteiger charge is 2.61. The molecule has 2 saturated carbocycles. The van der Waals surface area contributed by atoms with Crippen molar-refractivity contribution in [1.82, 2.24) is 10.1 Å². The number of nitro benzene ring substituents is 1. The van der Waals surface area contributed by atoms with E-state index in [1.807, 2.05) is 0 Å². The molecule has 1 aliphatic heterocycles. The van der Waals surface area contributed by atoms with Gasteiger partial charge in [-0.1, -0.05) is 23.4 Å². The van der Waals surface area contributed by atoms with Gasteiger partial charge in [0.05, 0.1) is 22.4 Å². The number of carbonyl (C=O) groups excluding carboxylic acids is 2. The SMILES string of the molecule is O=C1[C@@H]2[C@@H]3CC[C@H](C3)[C@@H]2C(=O)N1c1cccc(-c2nc(-c3cccc([N+](=O)[O-])c3)no2)c1. The van der Waals surface area contributed by atoms with E-state index in [4.69, 9.17) is 4.52 Å². The molecule has 0 radical (unpaired) electrons. The topological polar surface area (TPSA) is 119 Å². The zero-order valence-corrected chi connectivity index (χ0v) is 16.9. The Morgan fingerprint density at radius 2 is 1.66 bits per heavy atom. The maximum atomic E-state index is 13.1. The van der Waals surface area contributed by atoms with Gasteiger partial charge in [-0.3, -0.25) is 24.6 Å². The lowest BCUT2D eigenvalue weighted by Gasteiger charge is -2.19. The second-order valence-corrected chi connectivity index (χ2v) is 8.68. The molecule has 4 atom stereocenters. The van der Waals surface area contributed by atoms with Gasteiger partial charge in [0.2, 0.25) is 17.6 Å². The summed E-state index contributed by atoms with van der Waals surface area (Å²) < 4.78 is 5.38. The molecular weight excluding hydrogens is 412 g/mol. The predicted octanol–water partition coefficient (Wildman–Crippen LogP) is 3.85. The second kappa shape index (κ2) is 6.81. The van der Waals surface area contributed by atoms with Crippen LogP contribution in [0.15, 0.2) is 53.1 Å². The summed E-state index contributed by atoms with van der Waals surface area (Å²) in [6.45, 7) is 0. The van der Waals surface area contributed by atoms with Gasteiger partial charge in [-0.25, -0.2) is 0 Å². The van der Waals surface area contributed by atoms with Crippen LogP contribution in [0.3, 0.4) is 0 Å². The highest BCUT2D eigenvalue weighted by molar-refractivity contribution is 6.22. The number of fused-ring (bicyclic) bond motifs is 5. The van der Waals surface area contributed by atoms with E-state index in [9.17, 15) is 19.7 Å². The van der Waals surface area contributed by atoms with Gasteiger partial charge >= 0.3 is 0 Å². The lowest BCUT2D eigenvalue weighted by molar-refractivity contribution is -0.384. The highest BCUT2D eigenvalue weighted by Crippen LogP contribution is 2.56. The third-order valence-corrected chi connectivity index (χ3v) is 7.02. The average molecular weight is 430 g/mol. The van der Waals surface area contributed by atoms with E-state index in [-0.39, 0.29) is 41.1 Å². The van der Waals surface area contributed by atoms with Gasteiger partial charge < -0.3 is 4.52 Å². The molecule has 6 rings (SSSR count). The van der Waals surface area contributed by atoms with Crippen molar-refractivity contribution in [3.8, 4) is 22.8 Å². The minimum absolute atomic E-state index is 0.0681. The van der Waals surface area contributed by atoms with Gasteiger partial charge in [0.15, 0.2) is 0 Å². The van der Waals surface area contributed by atoms with Gasteiger partial charge in [-0.05, 0) is 49.3 Å². The number of anilines is 1. The van der Waals surface area contributed by atoms with E-state index in [1.165, 1.54) is 17.0 Å². The molecule has 0 N–H and O–H groups in total. The summed E-state index contributed by atoms with van der Waals surface area (Å²) >= 11 is 0. The van der Waals surface area contributed by atoms with Crippen LogP contribution in [-0.2, 0) is 9.59 Å². The maximum Gasteiger partial charge on any atom is 0.270 e. The fraction of sp³-hybridized carbons (Fsp3) is 0.304. The Kier molecular flexibility index (Phi) is 4.01. The Morgan fingerprint density at radius 3 is 2.38 bits per heavy atom. The molecule has 2 amide bonds. The van der Waals surface area contributed by atoms with Crippen molar-refractivity contribution in [2.45, 2.75) is 19.3 Å². The highest BCUT2D eigenvalue weighted by atomic mass is 16.6. The predicted molar refractivity (Wildman–Crippen MR) is 112 cm³/mol. The van der Waals surface area contributed by atoms with Crippen LogP contribution in [0.4, 0.5) is 11.4 Å². The molecule has 3 fully saturated rings. The van der Waals surface area contributed by atoms with Gasteiger partial charge in [0.1, 0.15) is 0 Å². The van der Waals surface area contributed by atoms with Crippen LogP contribution in [0, 0.1) is 33.8 Å². The second-order valence-electron chi connectivity index (χ2n) is 8.68. The number of benzene rings is 2. The lowest BCUT2D eigenvalue weighted by atomic mass is 9.81. The number of amides is 2. The summed E-state index contributed by atoms with van der Waals surface area (Å²) in [6, 6.07) is 12.9. The summed E-state index contributed by atoms with van der Waals surface area (Å²) in [6.07, 6.45) is 3.05. The summed E-state index contributed by atoms with van der Waals surface area (Å²) in [4.78, 5) is 42.4. The Balaban J connectivity index is 1.31. The fourth-order valence-corrected chi connectivity index (χ4v) is 5.66. The number of nitrogens with zero attached hydrogens (tertiary/aromatic N) is 4. The number of rotatable bonds is 4. The average Bonchev–Trinajstić information content (AvgIpc) is 3.58. The van der Waals surface area contributed by atoms with E-state index < -0.39 is 4.92 Å². The minimum Gasteiger partial charge on any atom is -0.334 e. The van der Waals surface area contributed by atoms with E-state index in [2.05, 4.69) is 10.1 Å². The largest absolute Gasteiger partial charge is 0.334 e. The van der Waals surface area contributed by atoms with E-state index in [1.54, 1.807) is 36.4 Å². The number of carbonyl (C=O) groups is 2. The van der Waals surface area contributed by atoms with Crippen molar-refractivity contribution < 1.29 is 19.0 Å². The van der Waals surface area contributed by atoms with Crippen molar-refractivity contribution in [2.24, 2.45) is 23.7 Å². The Morgan fingerprint density at radius 1 is 0.969 bits per heavy atom. The van der Waals surface area contributed by atoms with Crippen LogP contribution < -0.4 is 4.90 Å². The van der Waals surface area contributed by atoms with Crippen LogP contribution >= 0.6 is 0 Å². The molecule has 9 heteroatoms. The monoisotopic (exact) mass is 430 g/mol. The molecule has 1 aromatic heterocycles. The first-order valence-electron chi connectivity index (χ1n) is 10.6. The quantitative estimate of drug-likeness (QED) is 0.350. The number of imide groups is 1. The number of hydrogen-bond acceptors (Lipinski definition) is 7.